The molecule has 7 nitrogen and oxygen atoms in total. The quantitative estimate of drug-likeness (QED) is 0.342. The average Bonchev–Trinajstić information content (AvgIpc) is 3.34. The summed E-state index contributed by atoms with van der Waals surface area (Å²) in [5.74, 6) is 1.22. The van der Waals surface area contributed by atoms with Crippen LogP contribution in [0.15, 0.2) is 79.0 Å². The van der Waals surface area contributed by atoms with Crippen molar-refractivity contribution in [3.05, 3.63) is 84.6 Å². The van der Waals surface area contributed by atoms with E-state index in [2.05, 4.69) is 15.7 Å². The Labute approximate surface area is 199 Å². The number of methoxy groups -OCH3 is 2. The van der Waals surface area contributed by atoms with Crippen LogP contribution in [0.5, 0.6) is 11.5 Å². The van der Waals surface area contributed by atoms with Crippen molar-refractivity contribution in [2.24, 2.45) is 0 Å². The molecule has 10 heteroatoms. The highest BCUT2D eigenvalue weighted by molar-refractivity contribution is 5.99. The fraction of sp³-hybridized carbons (Fsp3) is 0.120. The van der Waals surface area contributed by atoms with E-state index in [4.69, 9.17) is 9.47 Å². The van der Waals surface area contributed by atoms with Gasteiger partial charge in [0.05, 0.1) is 31.2 Å². The molecule has 0 fully saturated rings. The average molecular weight is 482 g/mol. The number of nitrogens with zero attached hydrogens (tertiary/aromatic N) is 2. The number of urea groups is 1. The smallest absolute Gasteiger partial charge is 0.416 e. The Morgan fingerprint density at radius 1 is 0.857 bits per heavy atom. The maximum Gasteiger partial charge on any atom is 0.416 e. The Bertz CT molecular complexity index is 1330. The molecule has 2 amide bonds. The zero-order chi connectivity index (χ0) is 25.0. The molecule has 1 aromatic heterocycles. The minimum absolute atomic E-state index is 0.0354. The minimum atomic E-state index is -4.49. The molecule has 0 unspecified atom stereocenters. The summed E-state index contributed by atoms with van der Waals surface area (Å²) in [5, 5.41) is 9.58. The fourth-order valence-electron chi connectivity index (χ4n) is 3.38. The molecule has 0 aliphatic heterocycles. The highest BCUT2D eigenvalue weighted by Crippen LogP contribution is 2.32. The van der Waals surface area contributed by atoms with Gasteiger partial charge in [-0.1, -0.05) is 6.07 Å². The number of halogens is 3. The number of carbonyl (C=O) groups is 1. The fourth-order valence-corrected chi connectivity index (χ4v) is 3.38. The summed E-state index contributed by atoms with van der Waals surface area (Å²) >= 11 is 0. The molecule has 4 rings (SSSR count). The van der Waals surface area contributed by atoms with Crippen LogP contribution in [0.3, 0.4) is 0 Å². The van der Waals surface area contributed by atoms with Crippen molar-refractivity contribution in [3.63, 3.8) is 0 Å². The summed E-state index contributed by atoms with van der Waals surface area (Å²) in [4.78, 5) is 12.2. The second-order valence-corrected chi connectivity index (χ2v) is 7.42. The van der Waals surface area contributed by atoms with Crippen molar-refractivity contribution >= 4 is 17.4 Å². The van der Waals surface area contributed by atoms with Crippen LogP contribution in [0, 0.1) is 0 Å². The van der Waals surface area contributed by atoms with Gasteiger partial charge in [-0.15, -0.1) is 0 Å². The number of benzene rings is 3. The Morgan fingerprint density at radius 2 is 1.57 bits per heavy atom. The molecule has 0 radical (unpaired) electrons. The van der Waals surface area contributed by atoms with Crippen LogP contribution in [0.25, 0.3) is 16.9 Å². The molecule has 0 saturated carbocycles. The van der Waals surface area contributed by atoms with Gasteiger partial charge in [0, 0.05) is 23.1 Å². The number of hydrogen-bond donors (Lipinski definition) is 2. The highest BCUT2D eigenvalue weighted by atomic mass is 19.4. The lowest BCUT2D eigenvalue weighted by Crippen LogP contribution is -2.19. The molecule has 0 bridgehead atoms. The molecule has 0 aliphatic rings. The SMILES string of the molecule is COc1ccc(-c2ccn(-c3ccc(NC(=O)Nc4cccc(C(F)(F)F)c4)cc3)n2)cc1OC. The molecular formula is C25H21F3N4O3. The maximum atomic E-state index is 12.8. The lowest BCUT2D eigenvalue weighted by molar-refractivity contribution is -0.137. The first-order valence-corrected chi connectivity index (χ1v) is 10.4. The molecule has 0 atom stereocenters. The van der Waals surface area contributed by atoms with Crippen molar-refractivity contribution in [3.8, 4) is 28.4 Å². The number of rotatable bonds is 6. The van der Waals surface area contributed by atoms with Crippen LogP contribution in [0.1, 0.15) is 5.56 Å². The number of hydrogen-bond acceptors (Lipinski definition) is 4. The third-order valence-electron chi connectivity index (χ3n) is 5.11. The highest BCUT2D eigenvalue weighted by Gasteiger charge is 2.30. The van der Waals surface area contributed by atoms with E-state index in [-0.39, 0.29) is 5.69 Å². The third-order valence-corrected chi connectivity index (χ3v) is 5.11. The molecule has 1 heterocycles. The maximum absolute atomic E-state index is 12.8. The first-order chi connectivity index (χ1) is 16.8. The van der Waals surface area contributed by atoms with Gasteiger partial charge in [-0.2, -0.15) is 18.3 Å². The van der Waals surface area contributed by atoms with E-state index in [1.807, 2.05) is 18.2 Å². The van der Waals surface area contributed by atoms with Crippen LogP contribution < -0.4 is 20.1 Å². The van der Waals surface area contributed by atoms with Crippen LogP contribution >= 0.6 is 0 Å². The number of nitrogens with one attached hydrogen (secondary N) is 2. The van der Waals surface area contributed by atoms with Crippen LogP contribution in [-0.4, -0.2) is 30.0 Å². The van der Waals surface area contributed by atoms with E-state index in [0.29, 0.717) is 17.2 Å². The molecule has 35 heavy (non-hydrogen) atoms. The minimum Gasteiger partial charge on any atom is -0.493 e. The van der Waals surface area contributed by atoms with Crippen LogP contribution in [0.2, 0.25) is 0 Å². The Hall–Kier alpha value is -4.47. The number of anilines is 2. The van der Waals surface area contributed by atoms with Gasteiger partial charge in [0.2, 0.25) is 0 Å². The van der Waals surface area contributed by atoms with Crippen molar-refractivity contribution in [1.82, 2.24) is 9.78 Å². The molecule has 3 aromatic carbocycles. The summed E-state index contributed by atoms with van der Waals surface area (Å²) in [6.45, 7) is 0. The largest absolute Gasteiger partial charge is 0.493 e. The van der Waals surface area contributed by atoms with E-state index in [0.717, 1.165) is 29.1 Å². The summed E-state index contributed by atoms with van der Waals surface area (Å²) in [6, 6.07) is 18.0. The Kier molecular flexibility index (Phi) is 6.63. The first kappa shape index (κ1) is 23.7. The number of carbonyl (C=O) groups excluding carboxylic acids is 1. The van der Waals surface area contributed by atoms with Gasteiger partial charge in [0.25, 0.3) is 0 Å². The number of alkyl halides is 3. The molecule has 0 spiro atoms. The zero-order valence-electron chi connectivity index (χ0n) is 18.8. The van der Waals surface area contributed by atoms with E-state index in [9.17, 15) is 18.0 Å². The van der Waals surface area contributed by atoms with Crippen molar-refractivity contribution in [2.75, 3.05) is 24.9 Å². The molecule has 2 N–H and O–H groups in total. The second-order valence-electron chi connectivity index (χ2n) is 7.42. The number of ether oxygens (including phenoxy) is 2. The van der Waals surface area contributed by atoms with Gasteiger partial charge in [-0.3, -0.25) is 0 Å². The molecular weight excluding hydrogens is 461 g/mol. The van der Waals surface area contributed by atoms with Gasteiger partial charge in [0.15, 0.2) is 11.5 Å². The monoisotopic (exact) mass is 482 g/mol. The lowest BCUT2D eigenvalue weighted by atomic mass is 10.1. The third kappa shape index (κ3) is 5.55. The van der Waals surface area contributed by atoms with Crippen LogP contribution in [-0.2, 0) is 6.18 Å². The van der Waals surface area contributed by atoms with Crippen LogP contribution in [0.4, 0.5) is 29.3 Å². The molecule has 180 valence electrons. The Morgan fingerprint density at radius 3 is 2.26 bits per heavy atom. The number of amides is 2. The summed E-state index contributed by atoms with van der Waals surface area (Å²) < 4.78 is 50.8. The normalized spacial score (nSPS) is 11.1. The van der Waals surface area contributed by atoms with Crippen molar-refractivity contribution in [1.29, 1.82) is 0 Å². The van der Waals surface area contributed by atoms with Crippen molar-refractivity contribution < 1.29 is 27.4 Å². The second kappa shape index (κ2) is 9.80. The first-order valence-electron chi connectivity index (χ1n) is 10.4. The van der Waals surface area contributed by atoms with E-state index in [1.54, 1.807) is 55.4 Å². The van der Waals surface area contributed by atoms with Gasteiger partial charge >= 0.3 is 12.2 Å². The van der Waals surface area contributed by atoms with E-state index < -0.39 is 17.8 Å². The topological polar surface area (TPSA) is 77.4 Å². The molecule has 4 aromatic rings. The van der Waals surface area contributed by atoms with E-state index >= 15 is 0 Å². The summed E-state index contributed by atoms with van der Waals surface area (Å²) in [5.41, 5.74) is 1.99. The van der Waals surface area contributed by atoms with Gasteiger partial charge in [-0.05, 0) is 66.7 Å². The summed E-state index contributed by atoms with van der Waals surface area (Å²) in [7, 11) is 3.13. The van der Waals surface area contributed by atoms with Gasteiger partial charge in [0.1, 0.15) is 0 Å². The predicted octanol–water partition coefficient (Wildman–Crippen LogP) is 6.22. The zero-order valence-corrected chi connectivity index (χ0v) is 18.8. The Balaban J connectivity index is 1.43. The van der Waals surface area contributed by atoms with Crippen molar-refractivity contribution in [2.45, 2.75) is 6.18 Å². The summed E-state index contributed by atoms with van der Waals surface area (Å²) in [6.07, 6.45) is -2.69. The predicted molar refractivity (Wildman–Crippen MR) is 126 cm³/mol. The van der Waals surface area contributed by atoms with Gasteiger partial charge in [-0.25, -0.2) is 9.48 Å². The molecule has 0 aliphatic carbocycles. The molecule has 0 saturated heterocycles. The lowest BCUT2D eigenvalue weighted by Gasteiger charge is -2.11. The van der Waals surface area contributed by atoms with E-state index in [1.165, 1.54) is 12.1 Å². The number of aromatic nitrogens is 2. The van der Waals surface area contributed by atoms with Gasteiger partial charge < -0.3 is 20.1 Å². The standard InChI is InChI=1S/C25H21F3N4O3/c1-34-22-11-6-16(14-23(22)35-2)21-12-13-32(31-21)20-9-7-18(8-10-20)29-24(33)30-19-5-3-4-17(15-19)25(26,27)28/h3-15H,1-2H3,(H2,29,30,33).